The number of benzene rings is 1. The SMILES string of the molecule is Cc1cccc(-c2cnc(N3CCC(C)(C)CC3)nc2N)c1Cl. The van der Waals surface area contributed by atoms with E-state index in [0.717, 1.165) is 42.6 Å². The highest BCUT2D eigenvalue weighted by molar-refractivity contribution is 6.34. The van der Waals surface area contributed by atoms with Crippen LogP contribution in [0.15, 0.2) is 24.4 Å². The minimum absolute atomic E-state index is 0.400. The largest absolute Gasteiger partial charge is 0.383 e. The summed E-state index contributed by atoms with van der Waals surface area (Å²) in [5.74, 6) is 1.19. The van der Waals surface area contributed by atoms with Crippen molar-refractivity contribution in [2.45, 2.75) is 33.6 Å². The number of nitrogens with two attached hydrogens (primary N) is 1. The first-order chi connectivity index (χ1) is 10.9. The standard InChI is InChI=1S/C18H23ClN4/c1-12-5-4-6-13(15(12)19)14-11-21-17(22-16(14)20)23-9-7-18(2,3)8-10-23/h4-6,11H,7-10H2,1-3H3,(H2,20,21,22). The minimum Gasteiger partial charge on any atom is -0.383 e. The van der Waals surface area contributed by atoms with Crippen LogP contribution >= 0.6 is 11.6 Å². The lowest BCUT2D eigenvalue weighted by atomic mass is 9.83. The Kier molecular flexibility index (Phi) is 4.19. The van der Waals surface area contributed by atoms with E-state index in [-0.39, 0.29) is 0 Å². The smallest absolute Gasteiger partial charge is 0.227 e. The predicted molar refractivity (Wildman–Crippen MR) is 96.9 cm³/mol. The Morgan fingerprint density at radius 2 is 1.87 bits per heavy atom. The number of hydrogen-bond donors (Lipinski definition) is 1. The van der Waals surface area contributed by atoms with Crippen molar-refractivity contribution in [3.63, 3.8) is 0 Å². The molecule has 0 saturated carbocycles. The van der Waals surface area contributed by atoms with Gasteiger partial charge in [-0.3, -0.25) is 0 Å². The first-order valence-electron chi connectivity index (χ1n) is 8.00. The van der Waals surface area contributed by atoms with Crippen LogP contribution < -0.4 is 10.6 Å². The van der Waals surface area contributed by atoms with Crippen LogP contribution in [0.2, 0.25) is 5.02 Å². The van der Waals surface area contributed by atoms with E-state index in [1.165, 1.54) is 0 Å². The van der Waals surface area contributed by atoms with Gasteiger partial charge in [-0.1, -0.05) is 43.6 Å². The molecule has 0 unspecified atom stereocenters. The average molecular weight is 331 g/mol. The molecule has 0 spiro atoms. The lowest BCUT2D eigenvalue weighted by Gasteiger charge is -2.36. The molecule has 4 nitrogen and oxygen atoms in total. The molecular weight excluding hydrogens is 308 g/mol. The van der Waals surface area contributed by atoms with E-state index in [1.54, 1.807) is 6.20 Å². The number of nitrogens with zero attached hydrogens (tertiary/aromatic N) is 3. The summed E-state index contributed by atoms with van der Waals surface area (Å²) < 4.78 is 0. The summed E-state index contributed by atoms with van der Waals surface area (Å²) in [6.07, 6.45) is 4.07. The highest BCUT2D eigenvalue weighted by atomic mass is 35.5. The summed E-state index contributed by atoms with van der Waals surface area (Å²) in [6.45, 7) is 8.53. The normalized spacial score (nSPS) is 17.3. The molecule has 1 aliphatic heterocycles. The molecule has 2 N–H and O–H groups in total. The van der Waals surface area contributed by atoms with Crippen molar-refractivity contribution in [1.29, 1.82) is 0 Å². The van der Waals surface area contributed by atoms with Crippen LogP contribution in [-0.4, -0.2) is 23.1 Å². The van der Waals surface area contributed by atoms with Crippen molar-refractivity contribution < 1.29 is 0 Å². The van der Waals surface area contributed by atoms with Gasteiger partial charge >= 0.3 is 0 Å². The second kappa shape index (κ2) is 6.00. The van der Waals surface area contributed by atoms with Crippen LogP contribution in [0.25, 0.3) is 11.1 Å². The molecule has 2 heterocycles. The maximum atomic E-state index is 6.40. The van der Waals surface area contributed by atoms with Crippen LogP contribution in [0.3, 0.4) is 0 Å². The van der Waals surface area contributed by atoms with Gasteiger partial charge in [-0.25, -0.2) is 4.98 Å². The molecule has 1 saturated heterocycles. The van der Waals surface area contributed by atoms with Crippen molar-refractivity contribution in [3.8, 4) is 11.1 Å². The maximum Gasteiger partial charge on any atom is 0.227 e. The van der Waals surface area contributed by atoms with E-state index in [1.807, 2.05) is 25.1 Å². The maximum absolute atomic E-state index is 6.40. The Labute approximate surface area is 142 Å². The predicted octanol–water partition coefficient (Wildman–Crippen LogP) is 4.31. The topological polar surface area (TPSA) is 55.0 Å². The van der Waals surface area contributed by atoms with E-state index >= 15 is 0 Å². The van der Waals surface area contributed by atoms with Gasteiger partial charge in [-0.15, -0.1) is 0 Å². The summed E-state index contributed by atoms with van der Waals surface area (Å²) >= 11 is 6.40. The van der Waals surface area contributed by atoms with Crippen molar-refractivity contribution in [3.05, 3.63) is 35.0 Å². The van der Waals surface area contributed by atoms with Gasteiger partial charge in [-0.05, 0) is 30.7 Å². The van der Waals surface area contributed by atoms with Gasteiger partial charge in [0, 0.05) is 30.4 Å². The van der Waals surface area contributed by atoms with E-state index in [0.29, 0.717) is 22.2 Å². The zero-order chi connectivity index (χ0) is 16.6. The summed E-state index contributed by atoms with van der Waals surface area (Å²) in [7, 11) is 0. The number of aryl methyl sites for hydroxylation is 1. The number of aromatic nitrogens is 2. The first-order valence-corrected chi connectivity index (χ1v) is 8.38. The molecule has 0 aliphatic carbocycles. The fourth-order valence-electron chi connectivity index (χ4n) is 2.91. The Hall–Kier alpha value is -1.81. The Morgan fingerprint density at radius 3 is 2.52 bits per heavy atom. The molecule has 0 radical (unpaired) electrons. The van der Waals surface area contributed by atoms with Crippen molar-refractivity contribution >= 4 is 23.4 Å². The lowest BCUT2D eigenvalue weighted by Crippen LogP contribution is -2.38. The van der Waals surface area contributed by atoms with Crippen LogP contribution in [0, 0.1) is 12.3 Å². The molecule has 1 fully saturated rings. The Balaban J connectivity index is 1.88. The molecule has 23 heavy (non-hydrogen) atoms. The third-order valence-corrected chi connectivity index (χ3v) is 5.19. The molecule has 1 aliphatic rings. The Morgan fingerprint density at radius 1 is 1.17 bits per heavy atom. The summed E-state index contributed by atoms with van der Waals surface area (Å²) in [5, 5.41) is 0.704. The number of piperidine rings is 1. The molecule has 0 atom stereocenters. The number of rotatable bonds is 2. The lowest BCUT2D eigenvalue weighted by molar-refractivity contribution is 0.278. The second-order valence-corrected chi connectivity index (χ2v) is 7.43. The minimum atomic E-state index is 0.400. The second-order valence-electron chi connectivity index (χ2n) is 7.06. The van der Waals surface area contributed by atoms with Crippen molar-refractivity contribution in [1.82, 2.24) is 9.97 Å². The van der Waals surface area contributed by atoms with E-state index in [9.17, 15) is 0 Å². The number of halogens is 1. The van der Waals surface area contributed by atoms with Gasteiger partial charge in [0.05, 0.1) is 5.02 Å². The van der Waals surface area contributed by atoms with Crippen LogP contribution in [-0.2, 0) is 0 Å². The molecule has 0 bridgehead atoms. The third-order valence-electron chi connectivity index (χ3n) is 4.69. The van der Waals surface area contributed by atoms with E-state index < -0.39 is 0 Å². The van der Waals surface area contributed by atoms with Crippen molar-refractivity contribution in [2.75, 3.05) is 23.7 Å². The molecule has 122 valence electrons. The van der Waals surface area contributed by atoms with Gasteiger partial charge in [-0.2, -0.15) is 4.98 Å². The average Bonchev–Trinajstić information content (AvgIpc) is 2.50. The zero-order valence-electron chi connectivity index (χ0n) is 13.9. The van der Waals surface area contributed by atoms with Crippen LogP contribution in [0.1, 0.15) is 32.3 Å². The number of hydrogen-bond acceptors (Lipinski definition) is 4. The van der Waals surface area contributed by atoms with E-state index in [4.69, 9.17) is 17.3 Å². The highest BCUT2D eigenvalue weighted by Gasteiger charge is 2.26. The number of anilines is 2. The summed E-state index contributed by atoms with van der Waals surface area (Å²) in [6, 6.07) is 5.90. The number of nitrogen functional groups attached to an aromatic ring is 1. The third kappa shape index (κ3) is 3.27. The molecule has 1 aromatic heterocycles. The van der Waals surface area contributed by atoms with Crippen LogP contribution in [0.4, 0.5) is 11.8 Å². The molecular formula is C18H23ClN4. The first kappa shape index (κ1) is 16.1. The molecule has 5 heteroatoms. The molecule has 3 rings (SSSR count). The fourth-order valence-corrected chi connectivity index (χ4v) is 3.14. The quantitative estimate of drug-likeness (QED) is 0.891. The van der Waals surface area contributed by atoms with Gasteiger partial charge in [0.2, 0.25) is 5.95 Å². The molecule has 1 aromatic carbocycles. The summed E-state index contributed by atoms with van der Waals surface area (Å²) in [4.78, 5) is 11.3. The van der Waals surface area contributed by atoms with Gasteiger partial charge in [0.15, 0.2) is 0 Å². The highest BCUT2D eigenvalue weighted by Crippen LogP contribution is 2.35. The van der Waals surface area contributed by atoms with E-state index in [2.05, 4.69) is 28.7 Å². The van der Waals surface area contributed by atoms with Gasteiger partial charge in [0.1, 0.15) is 5.82 Å². The fraction of sp³-hybridized carbons (Fsp3) is 0.444. The molecule has 0 amide bonds. The van der Waals surface area contributed by atoms with Gasteiger partial charge < -0.3 is 10.6 Å². The monoisotopic (exact) mass is 330 g/mol. The van der Waals surface area contributed by atoms with Gasteiger partial charge in [0.25, 0.3) is 0 Å². The van der Waals surface area contributed by atoms with Crippen molar-refractivity contribution in [2.24, 2.45) is 5.41 Å². The molecule has 2 aromatic rings. The Bertz CT molecular complexity index is 717. The van der Waals surface area contributed by atoms with Crippen LogP contribution in [0.5, 0.6) is 0 Å². The summed E-state index contributed by atoms with van der Waals surface area (Å²) in [5.41, 5.74) is 9.29. The zero-order valence-corrected chi connectivity index (χ0v) is 14.7.